The van der Waals surface area contributed by atoms with Gasteiger partial charge in [0.05, 0.1) is 77.0 Å². The number of rotatable bonds is 26. The molecule has 22 N–H and O–H groups in total. The van der Waals surface area contributed by atoms with Gasteiger partial charge in [-0.25, -0.2) is 0 Å². The van der Waals surface area contributed by atoms with Gasteiger partial charge in [-0.3, -0.25) is 19.2 Å². The monoisotopic (exact) mass is 1360 g/mol. The molecule has 0 saturated carbocycles. The molecule has 3 amide bonds. The van der Waals surface area contributed by atoms with Gasteiger partial charge in [-0.05, 0) is 6.92 Å². The van der Waals surface area contributed by atoms with E-state index < -0.39 is 291 Å². The summed E-state index contributed by atoms with van der Waals surface area (Å²) >= 11 is 0. The average Bonchev–Trinajstić information content (AvgIpc) is 0.849. The van der Waals surface area contributed by atoms with E-state index in [4.69, 9.17) is 66.3 Å². The third-order valence-electron chi connectivity index (χ3n) is 17.2. The summed E-state index contributed by atoms with van der Waals surface area (Å²) < 4.78 is 81.6. The van der Waals surface area contributed by atoms with E-state index in [1.165, 1.54) is 20.8 Å². The van der Waals surface area contributed by atoms with Crippen LogP contribution in [0.1, 0.15) is 41.0 Å². The van der Waals surface area contributed by atoms with Crippen LogP contribution in [-0.4, -0.2) is 382 Å². The van der Waals surface area contributed by atoms with Gasteiger partial charge in [0.2, 0.25) is 17.7 Å². The lowest BCUT2D eigenvalue weighted by atomic mass is 9.87. The molecule has 0 radical (unpaired) electrons. The first-order valence-electron chi connectivity index (χ1n) is 29.9. The van der Waals surface area contributed by atoms with Crippen molar-refractivity contribution < 1.29 is 183 Å². The zero-order chi connectivity index (χ0) is 68.8. The van der Waals surface area contributed by atoms with Crippen molar-refractivity contribution in [3.8, 4) is 0 Å². The first kappa shape index (κ1) is 77.0. The summed E-state index contributed by atoms with van der Waals surface area (Å²) in [7, 11) is 0. The maximum Gasteiger partial charge on any atom is 0.332 e. The van der Waals surface area contributed by atoms with Crippen molar-refractivity contribution in [1.82, 2.24) is 16.0 Å². The molecule has 7 rings (SSSR count). The lowest BCUT2D eigenvalue weighted by Crippen LogP contribution is -2.70. The summed E-state index contributed by atoms with van der Waals surface area (Å²) in [5.41, 5.74) is 0. The second-order valence-corrected chi connectivity index (χ2v) is 23.8. The van der Waals surface area contributed by atoms with Gasteiger partial charge in [0.25, 0.3) is 6.47 Å². The average molecular weight is 1360 g/mol. The largest absolute Gasteiger partial charge is 0.410 e. The van der Waals surface area contributed by atoms with Crippen LogP contribution < -0.4 is 16.0 Å². The predicted molar refractivity (Wildman–Crippen MR) is 290 cm³/mol. The molecule has 0 spiro atoms. The minimum atomic E-state index is -2.60. The molecule has 0 aromatic carbocycles. The molecule has 0 aromatic heterocycles. The van der Waals surface area contributed by atoms with Crippen molar-refractivity contribution in [2.24, 2.45) is 5.92 Å². The first-order valence-corrected chi connectivity index (χ1v) is 29.9. The Hall–Kier alpha value is -3.40. The Morgan fingerprint density at radius 2 is 0.882 bits per heavy atom. The number of carbonyl (C=O) groups excluding carboxylic acids is 4. The maximum absolute atomic E-state index is 12.9. The lowest BCUT2D eigenvalue weighted by molar-refractivity contribution is -0.424. The summed E-state index contributed by atoms with van der Waals surface area (Å²) in [5, 5.41) is 216. The van der Waals surface area contributed by atoms with Gasteiger partial charge in [0.1, 0.15) is 152 Å². The summed E-state index contributed by atoms with van der Waals surface area (Å²) in [4.78, 5) is 49.3. The predicted octanol–water partition coefficient (Wildman–Crippen LogP) is -14.2. The molecule has 7 aliphatic heterocycles. The Morgan fingerprint density at radius 1 is 0.473 bits per heavy atom. The Balaban J connectivity index is 1.10. The second-order valence-electron chi connectivity index (χ2n) is 23.8. The van der Waals surface area contributed by atoms with Crippen LogP contribution in [0.3, 0.4) is 0 Å². The molecule has 7 fully saturated rings. The molecule has 7 saturated heterocycles. The molecule has 0 bridgehead atoms. The molecule has 40 nitrogen and oxygen atoms in total. The summed E-state index contributed by atoms with van der Waals surface area (Å²) in [5.74, 6) is -5.88. The fraction of sp³-hybridized carbons (Fsp3) is 0.925. The number of nitrogens with one attached hydrogen (secondary N) is 3. The normalized spacial score (nSPS) is 47.2. The van der Waals surface area contributed by atoms with Crippen LogP contribution in [0.4, 0.5) is 0 Å². The van der Waals surface area contributed by atoms with E-state index in [-0.39, 0.29) is 6.47 Å². The van der Waals surface area contributed by atoms with Gasteiger partial charge in [-0.15, -0.1) is 0 Å². The van der Waals surface area contributed by atoms with E-state index in [9.17, 15) is 116 Å². The third kappa shape index (κ3) is 17.2. The van der Waals surface area contributed by atoms with E-state index in [1.807, 2.05) is 0 Å². The summed E-state index contributed by atoms with van der Waals surface area (Å²) in [6.45, 7) is -1.08. The number of hydrogen-bond acceptors (Lipinski definition) is 37. The quantitative estimate of drug-likeness (QED) is 0.0282. The van der Waals surface area contributed by atoms with Crippen LogP contribution in [0.2, 0.25) is 0 Å². The van der Waals surface area contributed by atoms with E-state index in [0.717, 1.165) is 13.8 Å². The molecular formula is C53H89N3O37. The molecule has 0 aromatic rings. The highest BCUT2D eigenvalue weighted by Crippen LogP contribution is 2.40. The Kier molecular flexibility index (Phi) is 27.7. The van der Waals surface area contributed by atoms with Gasteiger partial charge >= 0.3 is 5.97 Å². The summed E-state index contributed by atoms with van der Waals surface area (Å²) in [6, 6.07) is -4.72. The van der Waals surface area contributed by atoms with Crippen molar-refractivity contribution in [3.63, 3.8) is 0 Å². The van der Waals surface area contributed by atoms with Crippen LogP contribution in [0, 0.1) is 5.92 Å². The zero-order valence-corrected chi connectivity index (χ0v) is 50.8. The highest BCUT2D eigenvalue weighted by Gasteiger charge is 2.60. The molecule has 538 valence electrons. The number of aliphatic hydroxyl groups excluding tert-OH is 19. The minimum Gasteiger partial charge on any atom is -0.410 e. The molecule has 14 unspecified atom stereocenters. The van der Waals surface area contributed by atoms with Gasteiger partial charge in [-0.2, -0.15) is 0 Å². The number of ether oxygens (including phenoxy) is 14. The highest BCUT2D eigenvalue weighted by atomic mass is 16.9. The van der Waals surface area contributed by atoms with Crippen molar-refractivity contribution in [1.29, 1.82) is 0 Å². The molecular weight excluding hydrogens is 1270 g/mol. The SMILES string of the molecule is CC(=O)NC1[C@H](OC2C(O)[C@H](O)C(CO)O[C@@H]2O[C@@H]2C(O)[C@H](O[C@@H]3C(CO)O[C@@H](O[C@@H]4C(CO)O[C@@H](C)C(NC(C)=O)[C@H]4O)C(NC(C)=O)[C@H]3O)OC(CO)[C@H]2O)OC(CO)[C@@H](O[C@@H]2OC(CO[C@]3(OC=O)C[C@@H](O)[C@@H](C)C([C@H](O)[C@H](O)CO)O3)[C@H](O)[C@H](O)C2O)[C@@H]1O. The van der Waals surface area contributed by atoms with Crippen LogP contribution in [0.25, 0.3) is 0 Å². The number of carbonyl (C=O) groups is 4. The maximum atomic E-state index is 12.9. The van der Waals surface area contributed by atoms with Crippen LogP contribution >= 0.6 is 0 Å². The topological polar surface area (TPSA) is 618 Å². The van der Waals surface area contributed by atoms with Crippen molar-refractivity contribution in [3.05, 3.63) is 0 Å². The van der Waals surface area contributed by atoms with E-state index in [2.05, 4.69) is 16.0 Å². The smallest absolute Gasteiger partial charge is 0.332 e. The third-order valence-corrected chi connectivity index (χ3v) is 17.2. The van der Waals surface area contributed by atoms with Crippen molar-refractivity contribution in [2.75, 3.05) is 46.2 Å². The van der Waals surface area contributed by atoms with Crippen LogP contribution in [-0.2, 0) is 85.5 Å². The Morgan fingerprint density at radius 3 is 1.38 bits per heavy atom. The van der Waals surface area contributed by atoms with Gasteiger partial charge in [0.15, 0.2) is 31.5 Å². The number of aliphatic hydroxyl groups is 19. The Bertz CT molecular complexity index is 2380. The zero-order valence-electron chi connectivity index (χ0n) is 50.8. The van der Waals surface area contributed by atoms with Crippen LogP contribution in [0.15, 0.2) is 0 Å². The highest BCUT2D eigenvalue weighted by molar-refractivity contribution is 5.74. The van der Waals surface area contributed by atoms with E-state index in [1.54, 1.807) is 0 Å². The van der Waals surface area contributed by atoms with Crippen LogP contribution in [0.5, 0.6) is 0 Å². The number of amides is 3. The fourth-order valence-corrected chi connectivity index (χ4v) is 12.2. The van der Waals surface area contributed by atoms with E-state index >= 15 is 0 Å². The van der Waals surface area contributed by atoms with Gasteiger partial charge in [-0.1, -0.05) is 6.92 Å². The Labute approximate surface area is 529 Å². The first-order chi connectivity index (χ1) is 43.9. The molecule has 7 aliphatic rings. The molecule has 0 aliphatic carbocycles. The molecule has 7 heterocycles. The van der Waals surface area contributed by atoms with Crippen molar-refractivity contribution >= 4 is 24.2 Å². The molecule has 40 heteroatoms. The molecule has 93 heavy (non-hydrogen) atoms. The lowest BCUT2D eigenvalue weighted by Gasteiger charge is -2.51. The summed E-state index contributed by atoms with van der Waals surface area (Å²) in [6.07, 6.45) is -59.7. The minimum absolute atomic E-state index is 0.161. The standard InChI is InChI=1S/C53H89N3O37/c1-15-20(67)6-53(81-14-63,93-42(15)31(69)21(68)7-57)80-13-27-33(71)38(76)40(78)50(87-27)89-44-25(11-61)86-49(30(37(44)75)56-19(5)66)92-47-39(77)32(70)22(8-58)84-52(47)91-46-34(72)23(9-59)83-51(41(46)79)90-45-26(12-62)85-48(29(36(45)74)55-18(4)65)88-43-24(10-60)82-16(2)28(35(43)73)54-17(3)64/h14-16,20-52,57-62,67-79H,6-13H2,1-5H3,(H,54,64)(H,55,65)(H,56,66)/t15-,16+,20-,21-,22?,23?,24?,25?,26?,27?,28?,29?,30?,31-,32-,33+,34-,35-,36-,37-,38+,39?,40?,41?,42?,43-,44-,45-,46+,47?,48+,49+,50+,51+,52-,53+/m1/s1. The second kappa shape index (κ2) is 33.4. The van der Waals surface area contributed by atoms with Gasteiger partial charge in [0, 0.05) is 26.7 Å². The van der Waals surface area contributed by atoms with Gasteiger partial charge < -0.3 is 179 Å². The number of hydrogen-bond donors (Lipinski definition) is 22. The molecule has 36 atom stereocenters. The van der Waals surface area contributed by atoms with E-state index in [0.29, 0.717) is 0 Å². The van der Waals surface area contributed by atoms with Crippen molar-refractivity contribution in [2.45, 2.75) is 255 Å². The fourth-order valence-electron chi connectivity index (χ4n) is 12.2.